The highest BCUT2D eigenvalue weighted by Gasteiger charge is 2.15. The Labute approximate surface area is 123 Å². The van der Waals surface area contributed by atoms with Crippen LogP contribution >= 0.6 is 11.6 Å². The van der Waals surface area contributed by atoms with Crippen molar-refractivity contribution in [3.05, 3.63) is 29.0 Å². The maximum absolute atomic E-state index is 13.1. The van der Waals surface area contributed by atoms with E-state index in [0.29, 0.717) is 12.8 Å². The smallest absolute Gasteiger partial charge is 0.240 e. The van der Waals surface area contributed by atoms with Crippen LogP contribution in [0.25, 0.3) is 0 Å². The maximum Gasteiger partial charge on any atom is 0.240 e. The van der Waals surface area contributed by atoms with Crippen molar-refractivity contribution in [1.82, 2.24) is 4.72 Å². The molecule has 0 heterocycles. The van der Waals surface area contributed by atoms with E-state index in [1.165, 1.54) is 13.0 Å². The number of nitrogens with one attached hydrogen (secondary N) is 1. The third-order valence-corrected chi connectivity index (χ3v) is 4.30. The standard InChI is InChI=1S/C13H17ClFNO3S/c1-10(17)5-3-2-4-6-16-20(18,19)13-8-11(14)7-12(15)9-13/h7-9,16H,2-6H2,1H3. The van der Waals surface area contributed by atoms with Gasteiger partial charge in [-0.15, -0.1) is 0 Å². The fraction of sp³-hybridized carbons (Fsp3) is 0.462. The first-order valence-electron chi connectivity index (χ1n) is 6.26. The van der Waals surface area contributed by atoms with Crippen LogP contribution in [0.3, 0.4) is 0 Å². The molecule has 0 saturated heterocycles. The fourth-order valence-corrected chi connectivity index (χ4v) is 3.07. The first-order valence-corrected chi connectivity index (χ1v) is 8.12. The van der Waals surface area contributed by atoms with Gasteiger partial charge in [0.1, 0.15) is 11.6 Å². The predicted octanol–water partition coefficient (Wildman–Crippen LogP) is 2.91. The fourth-order valence-electron chi connectivity index (χ4n) is 1.65. The average Bonchev–Trinajstić information content (AvgIpc) is 2.32. The molecule has 4 nitrogen and oxygen atoms in total. The highest BCUT2D eigenvalue weighted by Crippen LogP contribution is 2.18. The molecule has 0 amide bonds. The summed E-state index contributed by atoms with van der Waals surface area (Å²) in [6, 6.07) is 3.16. The third-order valence-electron chi connectivity index (χ3n) is 2.64. The maximum atomic E-state index is 13.1. The van der Waals surface area contributed by atoms with Crippen molar-refractivity contribution < 1.29 is 17.6 Å². The molecule has 112 valence electrons. The summed E-state index contributed by atoms with van der Waals surface area (Å²) in [5, 5.41) is 0.0341. The first kappa shape index (κ1) is 17.1. The van der Waals surface area contributed by atoms with Crippen LogP contribution in [0.2, 0.25) is 5.02 Å². The van der Waals surface area contributed by atoms with Crippen LogP contribution in [0.1, 0.15) is 32.6 Å². The lowest BCUT2D eigenvalue weighted by molar-refractivity contribution is -0.117. The Balaban J connectivity index is 2.47. The highest BCUT2D eigenvalue weighted by molar-refractivity contribution is 7.89. The van der Waals surface area contributed by atoms with E-state index >= 15 is 0 Å². The number of benzene rings is 1. The van der Waals surface area contributed by atoms with Gasteiger partial charge in [-0.1, -0.05) is 18.0 Å². The van der Waals surface area contributed by atoms with Crippen LogP contribution in [0.5, 0.6) is 0 Å². The van der Waals surface area contributed by atoms with Gasteiger partial charge < -0.3 is 4.79 Å². The topological polar surface area (TPSA) is 63.2 Å². The number of hydrogen-bond donors (Lipinski definition) is 1. The summed E-state index contributed by atoms with van der Waals surface area (Å²) in [6.45, 7) is 1.77. The van der Waals surface area contributed by atoms with Gasteiger partial charge >= 0.3 is 0 Å². The quantitative estimate of drug-likeness (QED) is 0.749. The number of carbonyl (C=O) groups excluding carboxylic acids is 1. The Hall–Kier alpha value is -0.980. The Kier molecular flexibility index (Phi) is 6.58. The van der Waals surface area contributed by atoms with E-state index in [-0.39, 0.29) is 22.2 Å². The lowest BCUT2D eigenvalue weighted by Crippen LogP contribution is -2.25. The van der Waals surface area contributed by atoms with E-state index in [4.69, 9.17) is 11.6 Å². The molecule has 0 radical (unpaired) electrons. The number of ketones is 1. The van der Waals surface area contributed by atoms with Crippen LogP contribution in [0.15, 0.2) is 23.1 Å². The van der Waals surface area contributed by atoms with Crippen molar-refractivity contribution >= 4 is 27.4 Å². The van der Waals surface area contributed by atoms with E-state index in [0.717, 1.165) is 25.0 Å². The number of sulfonamides is 1. The van der Waals surface area contributed by atoms with Gasteiger partial charge in [0.2, 0.25) is 10.0 Å². The summed E-state index contributed by atoms with van der Waals surface area (Å²) in [5.41, 5.74) is 0. The van der Waals surface area contributed by atoms with Crippen LogP contribution < -0.4 is 4.72 Å². The second kappa shape index (κ2) is 7.71. The van der Waals surface area contributed by atoms with Crippen molar-refractivity contribution in [2.45, 2.75) is 37.5 Å². The molecule has 0 aliphatic heterocycles. The van der Waals surface area contributed by atoms with Crippen molar-refractivity contribution in [2.24, 2.45) is 0 Å². The Morgan fingerprint density at radius 1 is 1.25 bits per heavy atom. The molecule has 0 bridgehead atoms. The minimum atomic E-state index is -3.75. The molecule has 1 aromatic rings. The zero-order valence-corrected chi connectivity index (χ0v) is 12.7. The summed E-state index contributed by atoms with van der Waals surface area (Å²) in [5.74, 6) is -0.570. The second-order valence-corrected chi connectivity index (χ2v) is 6.72. The summed E-state index contributed by atoms with van der Waals surface area (Å²) in [7, 11) is -3.75. The van der Waals surface area contributed by atoms with E-state index in [1.54, 1.807) is 0 Å². The van der Waals surface area contributed by atoms with Gasteiger partial charge in [-0.25, -0.2) is 17.5 Å². The van der Waals surface area contributed by atoms with Crippen LogP contribution in [-0.4, -0.2) is 20.7 Å². The van der Waals surface area contributed by atoms with Gasteiger partial charge in [0, 0.05) is 18.0 Å². The van der Waals surface area contributed by atoms with Gasteiger partial charge in [-0.2, -0.15) is 0 Å². The molecular weight excluding hydrogens is 305 g/mol. The molecule has 0 aliphatic carbocycles. The molecule has 1 aromatic carbocycles. The summed E-state index contributed by atoms with van der Waals surface area (Å²) in [4.78, 5) is 10.5. The largest absolute Gasteiger partial charge is 0.300 e. The third kappa shape index (κ3) is 5.98. The monoisotopic (exact) mass is 321 g/mol. The summed E-state index contributed by atoms with van der Waals surface area (Å²) in [6.07, 6.45) is 2.62. The number of Topliss-reactive ketones (excluding diaryl/α,β-unsaturated/α-hetero) is 1. The molecule has 1 rings (SSSR count). The number of hydrogen-bond acceptors (Lipinski definition) is 3. The van der Waals surface area contributed by atoms with E-state index in [1.807, 2.05) is 0 Å². The van der Waals surface area contributed by atoms with E-state index in [9.17, 15) is 17.6 Å². The molecule has 1 N–H and O–H groups in total. The van der Waals surface area contributed by atoms with E-state index in [2.05, 4.69) is 4.72 Å². The number of carbonyl (C=O) groups is 1. The first-order chi connectivity index (χ1) is 9.31. The molecule has 0 fully saturated rings. The average molecular weight is 322 g/mol. The van der Waals surface area contributed by atoms with Crippen LogP contribution in [0.4, 0.5) is 4.39 Å². The number of unbranched alkanes of at least 4 members (excludes halogenated alkanes) is 2. The van der Waals surface area contributed by atoms with Crippen molar-refractivity contribution in [3.63, 3.8) is 0 Å². The van der Waals surface area contributed by atoms with Gasteiger partial charge in [0.25, 0.3) is 0 Å². The van der Waals surface area contributed by atoms with Crippen LogP contribution in [-0.2, 0) is 14.8 Å². The highest BCUT2D eigenvalue weighted by atomic mass is 35.5. The normalized spacial score (nSPS) is 11.6. The van der Waals surface area contributed by atoms with E-state index < -0.39 is 15.8 Å². The van der Waals surface area contributed by atoms with Gasteiger partial charge in [-0.3, -0.25) is 0 Å². The minimum absolute atomic E-state index is 0.0341. The van der Waals surface area contributed by atoms with Gasteiger partial charge in [0.05, 0.1) is 4.90 Å². The molecule has 0 aliphatic rings. The summed E-state index contributed by atoms with van der Waals surface area (Å²) >= 11 is 5.62. The Bertz CT molecular complexity index is 555. The van der Waals surface area contributed by atoms with Crippen molar-refractivity contribution in [2.75, 3.05) is 6.54 Å². The lowest BCUT2D eigenvalue weighted by atomic mass is 10.1. The second-order valence-electron chi connectivity index (χ2n) is 4.52. The SMILES string of the molecule is CC(=O)CCCCCNS(=O)(=O)c1cc(F)cc(Cl)c1. The van der Waals surface area contributed by atoms with Gasteiger partial charge in [0.15, 0.2) is 0 Å². The summed E-state index contributed by atoms with van der Waals surface area (Å²) < 4.78 is 39.3. The van der Waals surface area contributed by atoms with Crippen molar-refractivity contribution in [1.29, 1.82) is 0 Å². The Morgan fingerprint density at radius 3 is 2.55 bits per heavy atom. The molecule has 0 spiro atoms. The lowest BCUT2D eigenvalue weighted by Gasteiger charge is -2.07. The van der Waals surface area contributed by atoms with Gasteiger partial charge in [-0.05, 0) is 38.0 Å². The Morgan fingerprint density at radius 2 is 1.95 bits per heavy atom. The molecule has 0 saturated carbocycles. The number of rotatable bonds is 8. The zero-order valence-electron chi connectivity index (χ0n) is 11.2. The molecular formula is C13H17ClFNO3S. The molecule has 7 heteroatoms. The predicted molar refractivity (Wildman–Crippen MR) is 75.7 cm³/mol. The van der Waals surface area contributed by atoms with Crippen LogP contribution in [0, 0.1) is 5.82 Å². The molecule has 0 atom stereocenters. The minimum Gasteiger partial charge on any atom is -0.300 e. The molecule has 0 aromatic heterocycles. The van der Waals surface area contributed by atoms with Crippen molar-refractivity contribution in [3.8, 4) is 0 Å². The molecule has 0 unspecified atom stereocenters. The number of halogens is 2. The molecule has 20 heavy (non-hydrogen) atoms. The zero-order chi connectivity index (χ0) is 15.2.